The first-order chi connectivity index (χ1) is 13.8. The van der Waals surface area contributed by atoms with E-state index in [0.29, 0.717) is 24.6 Å². The van der Waals surface area contributed by atoms with Gasteiger partial charge in [0.2, 0.25) is 0 Å². The monoisotopic (exact) mass is 393 g/mol. The summed E-state index contributed by atoms with van der Waals surface area (Å²) in [6.07, 6.45) is 5.46. The van der Waals surface area contributed by atoms with Crippen LogP contribution in [-0.4, -0.2) is 43.9 Å². The Kier molecular flexibility index (Phi) is 5.76. The Bertz CT molecular complexity index is 983. The van der Waals surface area contributed by atoms with E-state index >= 15 is 0 Å². The van der Waals surface area contributed by atoms with Gasteiger partial charge in [-0.05, 0) is 29.9 Å². The van der Waals surface area contributed by atoms with Crippen molar-refractivity contribution in [3.63, 3.8) is 0 Å². The molecule has 0 saturated carbocycles. The van der Waals surface area contributed by atoms with Crippen molar-refractivity contribution in [2.75, 3.05) is 19.7 Å². The first-order valence-corrected chi connectivity index (χ1v) is 9.75. The van der Waals surface area contributed by atoms with Crippen LogP contribution in [0.25, 0.3) is 11.4 Å². The van der Waals surface area contributed by atoms with Crippen LogP contribution in [0.5, 0.6) is 0 Å². The summed E-state index contributed by atoms with van der Waals surface area (Å²) in [5.41, 5.74) is 2.14. The van der Waals surface area contributed by atoms with Crippen molar-refractivity contribution in [3.8, 4) is 11.4 Å². The van der Waals surface area contributed by atoms with Crippen molar-refractivity contribution >= 4 is 12.2 Å². The van der Waals surface area contributed by atoms with Gasteiger partial charge in [-0.15, -0.1) is 6.58 Å². The minimum atomic E-state index is 0.0668. The summed E-state index contributed by atoms with van der Waals surface area (Å²) in [4.78, 5) is 6.54. The fourth-order valence-corrected chi connectivity index (χ4v) is 3.68. The number of rotatable bonds is 6. The molecule has 1 saturated heterocycles. The van der Waals surface area contributed by atoms with Crippen LogP contribution >= 0.6 is 12.2 Å². The molecule has 1 aromatic carbocycles. The van der Waals surface area contributed by atoms with Crippen molar-refractivity contribution in [2.45, 2.75) is 19.3 Å². The van der Waals surface area contributed by atoms with Gasteiger partial charge in [-0.1, -0.05) is 36.4 Å². The van der Waals surface area contributed by atoms with Crippen LogP contribution in [0.2, 0.25) is 0 Å². The maximum absolute atomic E-state index is 5.97. The van der Waals surface area contributed by atoms with Gasteiger partial charge < -0.3 is 4.74 Å². The SMILES string of the molecule is C=CCn1c(-c2cccnc2)nn(CN2CCOC(c3ccccc3)C2)c1=S. The Morgan fingerprint density at radius 1 is 1.21 bits per heavy atom. The second kappa shape index (κ2) is 8.60. The number of morpholine rings is 1. The molecular weight excluding hydrogens is 370 g/mol. The second-order valence-electron chi connectivity index (χ2n) is 6.74. The topological polar surface area (TPSA) is 48.1 Å². The minimum absolute atomic E-state index is 0.0668. The van der Waals surface area contributed by atoms with E-state index in [1.807, 2.05) is 45.7 Å². The molecule has 0 aliphatic carbocycles. The molecule has 28 heavy (non-hydrogen) atoms. The molecule has 1 fully saturated rings. The van der Waals surface area contributed by atoms with E-state index in [-0.39, 0.29) is 6.10 Å². The first kappa shape index (κ1) is 18.7. The Morgan fingerprint density at radius 2 is 2.07 bits per heavy atom. The minimum Gasteiger partial charge on any atom is -0.371 e. The van der Waals surface area contributed by atoms with E-state index in [1.165, 1.54) is 5.56 Å². The molecule has 6 nitrogen and oxygen atoms in total. The Labute approximate surface area is 169 Å². The van der Waals surface area contributed by atoms with E-state index in [2.05, 4.69) is 28.6 Å². The van der Waals surface area contributed by atoms with Crippen LogP contribution in [0.3, 0.4) is 0 Å². The van der Waals surface area contributed by atoms with Crippen LogP contribution in [-0.2, 0) is 18.0 Å². The average molecular weight is 394 g/mol. The summed E-state index contributed by atoms with van der Waals surface area (Å²) in [5.74, 6) is 0.811. The lowest BCUT2D eigenvalue weighted by molar-refractivity contribution is -0.0418. The van der Waals surface area contributed by atoms with Gasteiger partial charge in [0, 0.05) is 37.6 Å². The summed E-state index contributed by atoms with van der Waals surface area (Å²) in [6.45, 7) is 7.44. The first-order valence-electron chi connectivity index (χ1n) is 9.34. The van der Waals surface area contributed by atoms with Gasteiger partial charge >= 0.3 is 0 Å². The van der Waals surface area contributed by atoms with Gasteiger partial charge in [0.15, 0.2) is 10.6 Å². The summed E-state index contributed by atoms with van der Waals surface area (Å²) in [5, 5.41) is 4.80. The normalized spacial score (nSPS) is 17.5. The second-order valence-corrected chi connectivity index (χ2v) is 7.10. The maximum atomic E-state index is 5.97. The smallest absolute Gasteiger partial charge is 0.199 e. The standard InChI is InChI=1S/C21H23N5OS/c1-2-11-25-20(18-9-6-10-22-14-18)23-26(21(25)28)16-24-12-13-27-19(15-24)17-7-4-3-5-8-17/h2-10,14,19H,1,11-13,15-16H2. The third-order valence-electron chi connectivity index (χ3n) is 4.81. The maximum Gasteiger partial charge on any atom is 0.199 e. The number of aromatic nitrogens is 4. The van der Waals surface area contributed by atoms with Crippen molar-refractivity contribution < 1.29 is 4.74 Å². The van der Waals surface area contributed by atoms with Crippen LogP contribution in [0, 0.1) is 4.77 Å². The number of nitrogens with zero attached hydrogens (tertiary/aromatic N) is 5. The molecule has 4 rings (SSSR count). The lowest BCUT2D eigenvalue weighted by Gasteiger charge is -2.32. The zero-order valence-electron chi connectivity index (χ0n) is 15.6. The number of pyridine rings is 1. The van der Waals surface area contributed by atoms with Crippen LogP contribution in [0.4, 0.5) is 0 Å². The predicted molar refractivity (Wildman–Crippen MR) is 111 cm³/mol. The summed E-state index contributed by atoms with van der Waals surface area (Å²) in [6, 6.07) is 14.2. The lowest BCUT2D eigenvalue weighted by atomic mass is 10.1. The number of hydrogen-bond donors (Lipinski definition) is 0. The van der Waals surface area contributed by atoms with Crippen molar-refractivity contribution in [1.82, 2.24) is 24.2 Å². The molecule has 1 unspecified atom stereocenters. The lowest BCUT2D eigenvalue weighted by Crippen LogP contribution is -2.39. The van der Waals surface area contributed by atoms with Crippen LogP contribution < -0.4 is 0 Å². The van der Waals surface area contributed by atoms with Crippen LogP contribution in [0.15, 0.2) is 67.5 Å². The molecule has 7 heteroatoms. The molecule has 2 aromatic heterocycles. The molecular formula is C21H23N5OS. The molecule has 3 heterocycles. The zero-order chi connectivity index (χ0) is 19.3. The number of allylic oxidation sites excluding steroid dienone is 1. The van der Waals surface area contributed by atoms with Gasteiger partial charge in [0.25, 0.3) is 0 Å². The number of hydrogen-bond acceptors (Lipinski definition) is 5. The third-order valence-corrected chi connectivity index (χ3v) is 5.24. The molecule has 144 valence electrons. The highest BCUT2D eigenvalue weighted by Crippen LogP contribution is 2.23. The molecule has 0 spiro atoms. The highest BCUT2D eigenvalue weighted by molar-refractivity contribution is 7.71. The van der Waals surface area contributed by atoms with E-state index in [0.717, 1.165) is 24.5 Å². The van der Waals surface area contributed by atoms with Gasteiger partial charge in [-0.2, -0.15) is 5.10 Å². The Balaban J connectivity index is 1.58. The predicted octanol–water partition coefficient (Wildman–Crippen LogP) is 3.69. The summed E-state index contributed by atoms with van der Waals surface area (Å²) >= 11 is 5.71. The molecule has 0 bridgehead atoms. The molecule has 0 N–H and O–H groups in total. The quantitative estimate of drug-likeness (QED) is 0.472. The largest absolute Gasteiger partial charge is 0.371 e. The Morgan fingerprint density at radius 3 is 2.82 bits per heavy atom. The zero-order valence-corrected chi connectivity index (χ0v) is 16.5. The Hall–Kier alpha value is -2.61. The summed E-state index contributed by atoms with van der Waals surface area (Å²) in [7, 11) is 0. The highest BCUT2D eigenvalue weighted by atomic mass is 32.1. The third kappa shape index (κ3) is 3.96. The fourth-order valence-electron chi connectivity index (χ4n) is 3.43. The molecule has 1 aliphatic rings. The molecule has 1 atom stereocenters. The van der Waals surface area contributed by atoms with E-state index < -0.39 is 0 Å². The van der Waals surface area contributed by atoms with Gasteiger partial charge in [0.05, 0.1) is 19.4 Å². The molecule has 0 radical (unpaired) electrons. The van der Waals surface area contributed by atoms with Gasteiger partial charge in [-0.25, -0.2) is 4.68 Å². The van der Waals surface area contributed by atoms with E-state index in [4.69, 9.17) is 22.1 Å². The number of ether oxygens (including phenoxy) is 1. The molecule has 1 aliphatic heterocycles. The van der Waals surface area contributed by atoms with Crippen molar-refractivity contribution in [3.05, 3.63) is 77.8 Å². The van der Waals surface area contributed by atoms with Crippen molar-refractivity contribution in [1.29, 1.82) is 0 Å². The van der Waals surface area contributed by atoms with E-state index in [1.54, 1.807) is 12.4 Å². The highest BCUT2D eigenvalue weighted by Gasteiger charge is 2.23. The van der Waals surface area contributed by atoms with E-state index in [9.17, 15) is 0 Å². The average Bonchev–Trinajstić information content (AvgIpc) is 3.05. The van der Waals surface area contributed by atoms with Gasteiger partial charge in [-0.3, -0.25) is 14.5 Å². The fraction of sp³-hybridized carbons (Fsp3) is 0.286. The van der Waals surface area contributed by atoms with Gasteiger partial charge in [0.1, 0.15) is 0 Å². The van der Waals surface area contributed by atoms with Crippen molar-refractivity contribution in [2.24, 2.45) is 0 Å². The van der Waals surface area contributed by atoms with Crippen LogP contribution in [0.1, 0.15) is 11.7 Å². The summed E-state index contributed by atoms with van der Waals surface area (Å²) < 4.78 is 10.5. The number of benzene rings is 1. The molecule has 3 aromatic rings. The molecule has 0 amide bonds.